The molecule has 0 amide bonds. The third kappa shape index (κ3) is 8.15. The summed E-state index contributed by atoms with van der Waals surface area (Å²) in [5, 5.41) is 1.03. The average molecular weight is 640 g/mol. The lowest BCUT2D eigenvalue weighted by Gasteiger charge is -2.28. The van der Waals surface area contributed by atoms with E-state index >= 15 is 0 Å². The summed E-state index contributed by atoms with van der Waals surface area (Å²) in [7, 11) is -0.649. The maximum atomic E-state index is 13.8. The SMILES string of the molecule is CO[C@@H]1CCO[C@H](Cn2c(=O)n(COCC[Si](C)(C)C)c3ncc(-c4cnc5c(ccn5COCC[Si](C)(C)C)c4)cc32)C1. The van der Waals surface area contributed by atoms with Crippen molar-refractivity contribution in [2.45, 2.75) is 96.4 Å². The van der Waals surface area contributed by atoms with Gasteiger partial charge in [0.25, 0.3) is 0 Å². The Morgan fingerprint density at radius 1 is 0.909 bits per heavy atom. The second kappa shape index (κ2) is 13.8. The van der Waals surface area contributed by atoms with Crippen molar-refractivity contribution in [1.29, 1.82) is 0 Å². The molecule has 0 unspecified atom stereocenters. The van der Waals surface area contributed by atoms with Gasteiger partial charge in [-0.3, -0.25) is 9.13 Å². The fourth-order valence-corrected chi connectivity index (χ4v) is 6.96. The van der Waals surface area contributed by atoms with Crippen LogP contribution in [0.3, 0.4) is 0 Å². The Balaban J connectivity index is 1.42. The Morgan fingerprint density at radius 3 is 2.25 bits per heavy atom. The Hall–Kier alpha value is -2.62. The molecule has 0 saturated carbocycles. The van der Waals surface area contributed by atoms with Gasteiger partial charge in [0, 0.05) is 84.6 Å². The first-order valence-electron chi connectivity index (χ1n) is 15.8. The first-order valence-corrected chi connectivity index (χ1v) is 23.2. The van der Waals surface area contributed by atoms with Gasteiger partial charge in [-0.15, -0.1) is 0 Å². The minimum absolute atomic E-state index is 0.118. The molecule has 4 aromatic heterocycles. The van der Waals surface area contributed by atoms with Crippen molar-refractivity contribution in [3.63, 3.8) is 0 Å². The predicted octanol–water partition coefficient (Wildman–Crippen LogP) is 6.03. The fraction of sp³-hybridized carbons (Fsp3) is 0.594. The van der Waals surface area contributed by atoms with Crippen LogP contribution in [0, 0.1) is 0 Å². The molecule has 1 aliphatic heterocycles. The number of hydrogen-bond acceptors (Lipinski definition) is 7. The molecule has 0 radical (unpaired) electrons. The second-order valence-corrected chi connectivity index (χ2v) is 25.6. The van der Waals surface area contributed by atoms with Crippen LogP contribution in [0.25, 0.3) is 33.3 Å². The molecular formula is C32H49N5O5Si2. The summed E-state index contributed by atoms with van der Waals surface area (Å²) in [4.78, 5) is 23.4. The Labute approximate surface area is 262 Å². The highest BCUT2D eigenvalue weighted by atomic mass is 28.3. The molecule has 0 spiro atoms. The maximum absolute atomic E-state index is 13.8. The van der Waals surface area contributed by atoms with E-state index in [1.54, 1.807) is 16.2 Å². The molecule has 1 aliphatic rings. The Morgan fingerprint density at radius 2 is 1.57 bits per heavy atom. The van der Waals surface area contributed by atoms with E-state index in [4.69, 9.17) is 28.9 Å². The molecule has 5 heterocycles. The minimum Gasteiger partial charge on any atom is -0.381 e. The van der Waals surface area contributed by atoms with Gasteiger partial charge in [-0.25, -0.2) is 14.8 Å². The highest BCUT2D eigenvalue weighted by Gasteiger charge is 2.26. The number of hydrogen-bond donors (Lipinski definition) is 0. The monoisotopic (exact) mass is 639 g/mol. The lowest BCUT2D eigenvalue weighted by molar-refractivity contribution is -0.0639. The van der Waals surface area contributed by atoms with Gasteiger partial charge < -0.3 is 23.5 Å². The van der Waals surface area contributed by atoms with Gasteiger partial charge in [-0.2, -0.15) is 0 Å². The van der Waals surface area contributed by atoms with Gasteiger partial charge in [-0.05, 0) is 36.7 Å². The molecule has 0 bridgehead atoms. The molecule has 240 valence electrons. The van der Waals surface area contributed by atoms with Crippen molar-refractivity contribution in [2.75, 3.05) is 26.9 Å². The summed E-state index contributed by atoms with van der Waals surface area (Å²) < 4.78 is 29.1. The average Bonchev–Trinajstić information content (AvgIpc) is 3.50. The van der Waals surface area contributed by atoms with Crippen molar-refractivity contribution in [2.24, 2.45) is 0 Å². The smallest absolute Gasteiger partial charge is 0.332 e. The number of fused-ring (bicyclic) bond motifs is 2. The third-order valence-corrected chi connectivity index (χ3v) is 11.7. The van der Waals surface area contributed by atoms with Crippen molar-refractivity contribution in [3.8, 4) is 11.1 Å². The molecule has 0 N–H and O–H groups in total. The van der Waals surface area contributed by atoms with E-state index in [-0.39, 0.29) is 24.6 Å². The quantitative estimate of drug-likeness (QED) is 0.123. The van der Waals surface area contributed by atoms with Crippen LogP contribution in [-0.4, -0.2) is 79.0 Å². The highest BCUT2D eigenvalue weighted by Crippen LogP contribution is 2.27. The fourth-order valence-electron chi connectivity index (χ4n) is 5.45. The first kappa shape index (κ1) is 32.8. The standard InChI is InChI=1S/C32H49N5O5Si2/c1-39-27-9-11-42-28(18-27)21-36-29-17-26(20-34-31(29)37(32(36)38)23-41-13-15-44(5,6)7)25-16-24-8-10-35(30(24)33-19-25)22-40-12-14-43(2,3)4/h8,10,16-17,19-20,27-28H,9,11-15,18,21-23H2,1-7H3/t27-,28+/m1/s1. The van der Waals surface area contributed by atoms with Gasteiger partial charge in [0.2, 0.25) is 0 Å². The third-order valence-electron chi connectivity index (χ3n) is 8.27. The highest BCUT2D eigenvalue weighted by molar-refractivity contribution is 6.76. The first-order chi connectivity index (χ1) is 20.9. The van der Waals surface area contributed by atoms with E-state index in [9.17, 15) is 4.79 Å². The maximum Gasteiger partial charge on any atom is 0.332 e. The zero-order valence-electron chi connectivity index (χ0n) is 27.5. The van der Waals surface area contributed by atoms with E-state index < -0.39 is 16.1 Å². The van der Waals surface area contributed by atoms with Gasteiger partial charge >= 0.3 is 5.69 Å². The molecule has 4 aromatic rings. The van der Waals surface area contributed by atoms with Crippen molar-refractivity contribution < 1.29 is 18.9 Å². The summed E-state index contributed by atoms with van der Waals surface area (Å²) in [5.74, 6) is 0. The largest absolute Gasteiger partial charge is 0.381 e. The topological polar surface area (TPSA) is 94.6 Å². The van der Waals surface area contributed by atoms with Crippen LogP contribution in [0.1, 0.15) is 12.8 Å². The Bertz CT molecular complexity index is 1620. The van der Waals surface area contributed by atoms with Gasteiger partial charge in [-0.1, -0.05) is 39.3 Å². The molecule has 0 aliphatic carbocycles. The van der Waals surface area contributed by atoms with Crippen LogP contribution >= 0.6 is 0 Å². The summed E-state index contributed by atoms with van der Waals surface area (Å²) in [5.41, 5.74) is 3.96. The molecule has 12 heteroatoms. The minimum atomic E-state index is -1.25. The molecule has 10 nitrogen and oxygen atoms in total. The normalized spacial score (nSPS) is 18.1. The number of ether oxygens (including phenoxy) is 4. The molecule has 5 rings (SSSR count). The van der Waals surface area contributed by atoms with E-state index in [1.807, 2.05) is 29.2 Å². The van der Waals surface area contributed by atoms with E-state index in [0.29, 0.717) is 32.1 Å². The van der Waals surface area contributed by atoms with Gasteiger partial charge in [0.1, 0.15) is 19.1 Å². The van der Waals surface area contributed by atoms with Crippen LogP contribution in [-0.2, 0) is 39.0 Å². The lowest BCUT2D eigenvalue weighted by Crippen LogP contribution is -2.36. The molecule has 1 fully saturated rings. The summed E-state index contributed by atoms with van der Waals surface area (Å²) in [6.07, 6.45) is 7.34. The lowest BCUT2D eigenvalue weighted by atomic mass is 10.1. The summed E-state index contributed by atoms with van der Waals surface area (Å²) in [6, 6.07) is 8.40. The molecular weight excluding hydrogens is 591 g/mol. The predicted molar refractivity (Wildman–Crippen MR) is 181 cm³/mol. The van der Waals surface area contributed by atoms with Crippen LogP contribution in [0.4, 0.5) is 0 Å². The van der Waals surface area contributed by atoms with Crippen molar-refractivity contribution in [3.05, 3.63) is 47.3 Å². The van der Waals surface area contributed by atoms with E-state index in [0.717, 1.165) is 59.2 Å². The van der Waals surface area contributed by atoms with E-state index in [1.165, 1.54) is 0 Å². The number of imidazole rings is 1. The summed E-state index contributed by atoms with van der Waals surface area (Å²) >= 11 is 0. The second-order valence-electron chi connectivity index (χ2n) is 14.4. The van der Waals surface area contributed by atoms with E-state index in [2.05, 4.69) is 51.4 Å². The van der Waals surface area contributed by atoms with Crippen LogP contribution < -0.4 is 5.69 Å². The summed E-state index contributed by atoms with van der Waals surface area (Å²) in [6.45, 7) is 17.1. The van der Waals surface area contributed by atoms with Gasteiger partial charge in [0.15, 0.2) is 5.65 Å². The number of pyridine rings is 2. The van der Waals surface area contributed by atoms with Crippen LogP contribution in [0.5, 0.6) is 0 Å². The number of aromatic nitrogens is 5. The molecule has 2 atom stereocenters. The number of methoxy groups -OCH3 is 1. The van der Waals surface area contributed by atoms with Crippen LogP contribution in [0.15, 0.2) is 41.6 Å². The number of rotatable bonds is 14. The van der Waals surface area contributed by atoms with Crippen molar-refractivity contribution in [1.82, 2.24) is 23.7 Å². The number of nitrogens with zero attached hydrogens (tertiary/aromatic N) is 5. The zero-order valence-corrected chi connectivity index (χ0v) is 29.5. The zero-order chi connectivity index (χ0) is 31.5. The van der Waals surface area contributed by atoms with Crippen LogP contribution in [0.2, 0.25) is 51.4 Å². The Kier molecular flexibility index (Phi) is 10.3. The molecule has 44 heavy (non-hydrogen) atoms. The molecule has 1 saturated heterocycles. The van der Waals surface area contributed by atoms with Crippen molar-refractivity contribution >= 4 is 38.3 Å². The van der Waals surface area contributed by atoms with Gasteiger partial charge in [0.05, 0.1) is 24.3 Å². The molecule has 0 aromatic carbocycles.